The lowest BCUT2D eigenvalue weighted by molar-refractivity contribution is -0.168. The van der Waals surface area contributed by atoms with E-state index in [-0.39, 0.29) is 11.6 Å². The summed E-state index contributed by atoms with van der Waals surface area (Å²) in [5, 5.41) is 2.02. The number of hydrogen-bond donors (Lipinski definition) is 0. The summed E-state index contributed by atoms with van der Waals surface area (Å²) in [5.74, 6) is -0.883. The zero-order chi connectivity index (χ0) is 27.9. The molecular weight excluding hydrogens is 498 g/mol. The molecule has 206 valence electrons. The number of amides is 1. The van der Waals surface area contributed by atoms with Crippen LogP contribution in [-0.4, -0.2) is 67.9 Å². The standard InChI is InChI=1S/C30H41NO6Si/c1-28(2,3)37-27(33)31-23(19-32)25-26(36-30(7,8)35-25)24(31)20-34-38(29(4,5)6,21-15-11-9-12-16-21)22-17-13-10-14-18-22/h9-19,23-26H,20H2,1-8H3/t23-,24-,25+,26-/m0/s1. The van der Waals surface area contributed by atoms with Crippen molar-refractivity contribution >= 4 is 31.1 Å². The summed E-state index contributed by atoms with van der Waals surface area (Å²) in [6.45, 7) is 15.8. The van der Waals surface area contributed by atoms with Gasteiger partial charge in [0.1, 0.15) is 30.1 Å². The summed E-state index contributed by atoms with van der Waals surface area (Å²) in [5.41, 5.74) is -0.730. The van der Waals surface area contributed by atoms with Crippen molar-refractivity contribution < 1.29 is 28.2 Å². The van der Waals surface area contributed by atoms with Crippen LogP contribution in [0.2, 0.25) is 5.04 Å². The lowest BCUT2D eigenvalue weighted by Gasteiger charge is -2.44. The largest absolute Gasteiger partial charge is 0.444 e. The summed E-state index contributed by atoms with van der Waals surface area (Å²) in [6.07, 6.45) is -0.964. The molecule has 8 heteroatoms. The number of aldehydes is 1. The maximum atomic E-state index is 13.5. The number of likely N-dealkylation sites (tertiary alicyclic amines) is 1. The van der Waals surface area contributed by atoms with E-state index in [2.05, 4.69) is 45.0 Å². The van der Waals surface area contributed by atoms with Gasteiger partial charge >= 0.3 is 6.09 Å². The lowest BCUT2D eigenvalue weighted by atomic mass is 10.1. The molecule has 0 bridgehead atoms. The Morgan fingerprint density at radius 1 is 0.921 bits per heavy atom. The predicted molar refractivity (Wildman–Crippen MR) is 149 cm³/mol. The Hall–Kier alpha value is -2.52. The number of carbonyl (C=O) groups excluding carboxylic acids is 2. The molecule has 0 aromatic heterocycles. The van der Waals surface area contributed by atoms with Gasteiger partial charge in [-0.2, -0.15) is 0 Å². The molecule has 0 radical (unpaired) electrons. The summed E-state index contributed by atoms with van der Waals surface area (Å²) in [4.78, 5) is 27.3. The molecule has 2 aromatic carbocycles. The molecule has 0 aliphatic carbocycles. The van der Waals surface area contributed by atoms with Crippen LogP contribution in [-0.2, 0) is 23.4 Å². The number of benzene rings is 2. The van der Waals surface area contributed by atoms with Gasteiger partial charge in [0.05, 0.1) is 12.6 Å². The molecule has 2 saturated heterocycles. The van der Waals surface area contributed by atoms with Crippen molar-refractivity contribution in [2.24, 2.45) is 0 Å². The average molecular weight is 540 g/mol. The highest BCUT2D eigenvalue weighted by Crippen LogP contribution is 2.42. The normalized spacial score (nSPS) is 25.2. The van der Waals surface area contributed by atoms with Crippen molar-refractivity contribution in [2.45, 2.75) is 96.1 Å². The van der Waals surface area contributed by atoms with Crippen LogP contribution in [0.15, 0.2) is 60.7 Å². The van der Waals surface area contributed by atoms with Gasteiger partial charge in [0.15, 0.2) is 5.79 Å². The van der Waals surface area contributed by atoms with E-state index in [1.165, 1.54) is 4.90 Å². The fourth-order valence-corrected chi connectivity index (χ4v) is 10.4. The maximum Gasteiger partial charge on any atom is 0.411 e. The third kappa shape index (κ3) is 5.32. The number of fused-ring (bicyclic) bond motifs is 1. The maximum absolute atomic E-state index is 13.5. The quantitative estimate of drug-likeness (QED) is 0.403. The van der Waals surface area contributed by atoms with Gasteiger partial charge in [0, 0.05) is 0 Å². The first kappa shape index (κ1) is 28.5. The minimum absolute atomic E-state index is 0.164. The minimum atomic E-state index is -2.90. The number of rotatable bonds is 6. The monoisotopic (exact) mass is 539 g/mol. The number of carbonyl (C=O) groups is 2. The Morgan fingerprint density at radius 2 is 1.42 bits per heavy atom. The summed E-state index contributed by atoms with van der Waals surface area (Å²) < 4.78 is 25.3. The molecule has 7 nitrogen and oxygen atoms in total. The van der Waals surface area contributed by atoms with E-state index in [9.17, 15) is 9.59 Å². The number of nitrogens with zero attached hydrogens (tertiary/aromatic N) is 1. The Kier molecular flexibility index (Phi) is 7.66. The van der Waals surface area contributed by atoms with Crippen LogP contribution in [0.4, 0.5) is 4.79 Å². The van der Waals surface area contributed by atoms with E-state index in [0.717, 1.165) is 16.7 Å². The lowest BCUT2D eigenvalue weighted by Crippen LogP contribution is -2.67. The first-order chi connectivity index (χ1) is 17.7. The molecule has 0 N–H and O–H groups in total. The SMILES string of the molecule is CC(C)(C)OC(=O)N1[C@@H](C=O)[C@H]2OC(C)(C)O[C@H]2[C@@H]1CO[Si](c1ccccc1)(c1ccccc1)C(C)(C)C. The van der Waals surface area contributed by atoms with Gasteiger partial charge in [-0.3, -0.25) is 4.90 Å². The second-order valence-electron chi connectivity index (χ2n) is 12.6. The van der Waals surface area contributed by atoms with Gasteiger partial charge in [-0.25, -0.2) is 4.79 Å². The van der Waals surface area contributed by atoms with Crippen LogP contribution < -0.4 is 10.4 Å². The topological polar surface area (TPSA) is 74.3 Å². The first-order valence-corrected chi connectivity index (χ1v) is 15.2. The van der Waals surface area contributed by atoms with E-state index in [1.54, 1.807) is 0 Å². The molecule has 2 aliphatic rings. The Balaban J connectivity index is 1.79. The van der Waals surface area contributed by atoms with Crippen LogP contribution in [0.3, 0.4) is 0 Å². The molecule has 2 aliphatic heterocycles. The van der Waals surface area contributed by atoms with Gasteiger partial charge < -0.3 is 23.4 Å². The van der Waals surface area contributed by atoms with Crippen molar-refractivity contribution in [3.8, 4) is 0 Å². The summed E-state index contributed by atoms with van der Waals surface area (Å²) in [6, 6.07) is 19.2. The smallest absolute Gasteiger partial charge is 0.411 e. The molecule has 1 amide bonds. The van der Waals surface area contributed by atoms with Crippen molar-refractivity contribution in [2.75, 3.05) is 6.61 Å². The molecule has 0 spiro atoms. The Morgan fingerprint density at radius 3 is 1.87 bits per heavy atom. The van der Waals surface area contributed by atoms with Crippen LogP contribution in [0.1, 0.15) is 55.4 Å². The van der Waals surface area contributed by atoms with Crippen LogP contribution >= 0.6 is 0 Å². The zero-order valence-corrected chi connectivity index (χ0v) is 24.8. The summed E-state index contributed by atoms with van der Waals surface area (Å²) in [7, 11) is -2.90. The van der Waals surface area contributed by atoms with Crippen molar-refractivity contribution in [1.82, 2.24) is 4.90 Å². The highest BCUT2D eigenvalue weighted by Gasteiger charge is 2.61. The molecule has 4 rings (SSSR count). The summed E-state index contributed by atoms with van der Waals surface area (Å²) >= 11 is 0. The Bertz CT molecular complexity index is 1090. The molecule has 2 fully saturated rings. The fraction of sp³-hybridized carbons (Fsp3) is 0.533. The van der Waals surface area contributed by atoms with Gasteiger partial charge in [-0.15, -0.1) is 0 Å². The third-order valence-corrected chi connectivity index (χ3v) is 12.2. The van der Waals surface area contributed by atoms with Crippen molar-refractivity contribution in [3.05, 3.63) is 60.7 Å². The number of hydrogen-bond acceptors (Lipinski definition) is 6. The molecule has 38 heavy (non-hydrogen) atoms. The van der Waals surface area contributed by atoms with E-state index >= 15 is 0 Å². The van der Waals surface area contributed by atoms with Gasteiger partial charge in [-0.05, 0) is 50.0 Å². The van der Waals surface area contributed by atoms with Gasteiger partial charge in [0.2, 0.25) is 0 Å². The van der Waals surface area contributed by atoms with Crippen molar-refractivity contribution in [1.29, 1.82) is 0 Å². The third-order valence-electron chi connectivity index (χ3n) is 7.19. The first-order valence-electron chi connectivity index (χ1n) is 13.3. The highest BCUT2D eigenvalue weighted by molar-refractivity contribution is 6.99. The van der Waals surface area contributed by atoms with Crippen molar-refractivity contribution in [3.63, 3.8) is 0 Å². The predicted octanol–water partition coefficient (Wildman–Crippen LogP) is 4.27. The van der Waals surface area contributed by atoms with Crippen LogP contribution in [0, 0.1) is 0 Å². The molecular formula is C30H41NO6Si. The molecule has 4 atom stereocenters. The fourth-order valence-electron chi connectivity index (χ4n) is 5.78. The second kappa shape index (κ2) is 10.2. The van der Waals surface area contributed by atoms with E-state index in [4.69, 9.17) is 18.6 Å². The zero-order valence-electron chi connectivity index (χ0n) is 23.8. The van der Waals surface area contributed by atoms with Gasteiger partial charge in [-0.1, -0.05) is 81.4 Å². The number of ether oxygens (including phenoxy) is 3. The molecule has 0 saturated carbocycles. The molecule has 2 heterocycles. The Labute approximate surface area is 227 Å². The van der Waals surface area contributed by atoms with E-state index < -0.39 is 50.1 Å². The highest BCUT2D eigenvalue weighted by atomic mass is 28.4. The van der Waals surface area contributed by atoms with E-state index in [0.29, 0.717) is 0 Å². The molecule has 2 aromatic rings. The van der Waals surface area contributed by atoms with Crippen LogP contribution in [0.25, 0.3) is 0 Å². The van der Waals surface area contributed by atoms with E-state index in [1.807, 2.05) is 71.0 Å². The molecule has 0 unspecified atom stereocenters. The second-order valence-corrected chi connectivity index (χ2v) is 16.9. The van der Waals surface area contributed by atoms with Gasteiger partial charge in [0.25, 0.3) is 8.32 Å². The minimum Gasteiger partial charge on any atom is -0.444 e. The van der Waals surface area contributed by atoms with Crippen LogP contribution in [0.5, 0.6) is 0 Å². The average Bonchev–Trinajstić information content (AvgIpc) is 3.28.